The van der Waals surface area contributed by atoms with Crippen LogP contribution in [0.5, 0.6) is 0 Å². The molecule has 0 saturated carbocycles. The lowest BCUT2D eigenvalue weighted by Crippen LogP contribution is -2.52. The second kappa shape index (κ2) is 6.87. The SMILES string of the molecule is CCC(CC(=O)O)(C(=O)N1CCC(F)(F)CC1)c1ccc(C)cc1. The number of likely N-dealkylation sites (tertiary alicyclic amines) is 1. The summed E-state index contributed by atoms with van der Waals surface area (Å²) in [5.41, 5.74) is 0.413. The molecule has 1 aliphatic heterocycles. The van der Waals surface area contributed by atoms with E-state index >= 15 is 0 Å². The maximum atomic E-state index is 13.4. The van der Waals surface area contributed by atoms with Crippen LogP contribution in [-0.4, -0.2) is 40.9 Å². The molecule has 1 aromatic carbocycles. The molecule has 2 rings (SSSR count). The lowest BCUT2D eigenvalue weighted by molar-refractivity contribution is -0.150. The van der Waals surface area contributed by atoms with Crippen LogP contribution in [0.15, 0.2) is 24.3 Å². The molecule has 1 aliphatic rings. The highest BCUT2D eigenvalue weighted by Gasteiger charge is 2.45. The first-order chi connectivity index (χ1) is 11.2. The summed E-state index contributed by atoms with van der Waals surface area (Å²) in [6.45, 7) is 3.58. The predicted molar refractivity (Wildman–Crippen MR) is 86.2 cm³/mol. The Bertz CT molecular complexity index is 605. The van der Waals surface area contributed by atoms with E-state index in [0.29, 0.717) is 12.0 Å². The molecule has 0 aliphatic carbocycles. The molecular weight excluding hydrogens is 316 g/mol. The zero-order valence-corrected chi connectivity index (χ0v) is 14.0. The van der Waals surface area contributed by atoms with Crippen molar-refractivity contribution >= 4 is 11.9 Å². The first-order valence-corrected chi connectivity index (χ1v) is 8.16. The number of nitrogens with zero attached hydrogens (tertiary/aromatic N) is 1. The van der Waals surface area contributed by atoms with Gasteiger partial charge in [0.15, 0.2) is 0 Å². The summed E-state index contributed by atoms with van der Waals surface area (Å²) in [4.78, 5) is 25.9. The number of halogens is 2. The Morgan fingerprint density at radius 1 is 1.21 bits per heavy atom. The molecule has 0 aromatic heterocycles. The van der Waals surface area contributed by atoms with Crippen molar-refractivity contribution in [1.82, 2.24) is 4.90 Å². The standard InChI is InChI=1S/C18H23F2NO3/c1-3-17(12-15(22)23,14-6-4-13(2)5-7-14)16(24)21-10-8-18(19,20)9-11-21/h4-7H,3,8-12H2,1-2H3,(H,22,23). The van der Waals surface area contributed by atoms with Crippen molar-refractivity contribution in [2.45, 2.75) is 50.9 Å². The number of piperidine rings is 1. The minimum absolute atomic E-state index is 0.0426. The smallest absolute Gasteiger partial charge is 0.304 e. The number of hydrogen-bond acceptors (Lipinski definition) is 2. The number of hydrogen-bond donors (Lipinski definition) is 1. The number of carbonyl (C=O) groups is 2. The molecule has 1 aromatic rings. The van der Waals surface area contributed by atoms with Crippen molar-refractivity contribution in [2.75, 3.05) is 13.1 Å². The number of aryl methyl sites for hydroxylation is 1. The molecule has 1 N–H and O–H groups in total. The molecule has 6 heteroatoms. The summed E-state index contributed by atoms with van der Waals surface area (Å²) >= 11 is 0. The molecule has 4 nitrogen and oxygen atoms in total. The van der Waals surface area contributed by atoms with Crippen molar-refractivity contribution in [1.29, 1.82) is 0 Å². The summed E-state index contributed by atoms with van der Waals surface area (Å²) in [6, 6.07) is 7.19. The van der Waals surface area contributed by atoms with Gasteiger partial charge in [-0.1, -0.05) is 36.8 Å². The Labute approximate surface area is 140 Å². The van der Waals surface area contributed by atoms with E-state index in [4.69, 9.17) is 0 Å². The van der Waals surface area contributed by atoms with Crippen molar-refractivity contribution in [2.24, 2.45) is 0 Å². The van der Waals surface area contributed by atoms with E-state index in [1.54, 1.807) is 19.1 Å². The number of amides is 1. The average molecular weight is 339 g/mol. The second-order valence-electron chi connectivity index (χ2n) is 6.52. The zero-order valence-electron chi connectivity index (χ0n) is 14.0. The van der Waals surface area contributed by atoms with Crippen LogP contribution in [0.1, 0.15) is 43.7 Å². The minimum atomic E-state index is -2.75. The normalized spacial score (nSPS) is 19.6. The van der Waals surface area contributed by atoms with Crippen LogP contribution in [-0.2, 0) is 15.0 Å². The van der Waals surface area contributed by atoms with Gasteiger partial charge in [-0.25, -0.2) is 8.78 Å². The van der Waals surface area contributed by atoms with Crippen LogP contribution >= 0.6 is 0 Å². The van der Waals surface area contributed by atoms with Gasteiger partial charge < -0.3 is 10.0 Å². The summed E-state index contributed by atoms with van der Waals surface area (Å²) < 4.78 is 26.7. The minimum Gasteiger partial charge on any atom is -0.481 e. The summed E-state index contributed by atoms with van der Waals surface area (Å²) in [6.07, 6.45) is -0.800. The van der Waals surface area contributed by atoms with E-state index in [0.717, 1.165) is 5.56 Å². The zero-order chi connectivity index (χ0) is 18.0. The van der Waals surface area contributed by atoms with Crippen LogP contribution in [0, 0.1) is 6.92 Å². The fourth-order valence-corrected chi connectivity index (χ4v) is 3.25. The van der Waals surface area contributed by atoms with E-state index < -0.39 is 17.3 Å². The van der Waals surface area contributed by atoms with Crippen LogP contribution in [0.3, 0.4) is 0 Å². The van der Waals surface area contributed by atoms with Crippen LogP contribution in [0.2, 0.25) is 0 Å². The third kappa shape index (κ3) is 3.74. The molecule has 1 fully saturated rings. The average Bonchev–Trinajstić information content (AvgIpc) is 2.52. The summed E-state index contributed by atoms with van der Waals surface area (Å²) in [5.74, 6) is -4.19. The Balaban J connectivity index is 2.36. The van der Waals surface area contributed by atoms with Gasteiger partial charge in [-0.3, -0.25) is 9.59 Å². The van der Waals surface area contributed by atoms with Gasteiger partial charge in [-0.2, -0.15) is 0 Å². The number of carboxylic acid groups (broad SMARTS) is 1. The number of carboxylic acids is 1. The van der Waals surface area contributed by atoms with E-state index in [1.807, 2.05) is 19.1 Å². The Hall–Kier alpha value is -1.98. The topological polar surface area (TPSA) is 57.6 Å². The van der Waals surface area contributed by atoms with Gasteiger partial charge in [-0.15, -0.1) is 0 Å². The van der Waals surface area contributed by atoms with Crippen molar-refractivity contribution < 1.29 is 23.5 Å². The van der Waals surface area contributed by atoms with Gasteiger partial charge >= 0.3 is 5.97 Å². The van der Waals surface area contributed by atoms with E-state index in [-0.39, 0.29) is 38.3 Å². The van der Waals surface area contributed by atoms with Crippen molar-refractivity contribution in [3.05, 3.63) is 35.4 Å². The highest BCUT2D eigenvalue weighted by Crippen LogP contribution is 2.37. The second-order valence-corrected chi connectivity index (χ2v) is 6.52. The Morgan fingerprint density at radius 3 is 2.21 bits per heavy atom. The molecule has 1 unspecified atom stereocenters. The molecule has 1 heterocycles. The fraction of sp³-hybridized carbons (Fsp3) is 0.556. The van der Waals surface area contributed by atoms with E-state index in [1.165, 1.54) is 4.90 Å². The lowest BCUT2D eigenvalue weighted by atomic mass is 9.73. The van der Waals surface area contributed by atoms with Gasteiger partial charge in [-0.05, 0) is 18.9 Å². The number of carbonyl (C=O) groups excluding carboxylic acids is 1. The quantitative estimate of drug-likeness (QED) is 0.895. The fourth-order valence-electron chi connectivity index (χ4n) is 3.25. The monoisotopic (exact) mass is 339 g/mol. The summed E-state index contributed by atoms with van der Waals surface area (Å²) in [5, 5.41) is 9.34. The summed E-state index contributed by atoms with van der Waals surface area (Å²) in [7, 11) is 0. The van der Waals surface area contributed by atoms with Crippen molar-refractivity contribution in [3.63, 3.8) is 0 Å². The highest BCUT2D eigenvalue weighted by molar-refractivity contribution is 5.92. The van der Waals surface area contributed by atoms with E-state index in [2.05, 4.69) is 0 Å². The number of benzene rings is 1. The number of rotatable bonds is 5. The molecule has 1 atom stereocenters. The third-order valence-electron chi connectivity index (χ3n) is 4.85. The van der Waals surface area contributed by atoms with E-state index in [9.17, 15) is 23.5 Å². The van der Waals surface area contributed by atoms with Gasteiger partial charge in [0.1, 0.15) is 0 Å². The molecule has 132 valence electrons. The van der Waals surface area contributed by atoms with Crippen LogP contribution in [0.4, 0.5) is 8.78 Å². The van der Waals surface area contributed by atoms with Crippen LogP contribution in [0.25, 0.3) is 0 Å². The molecule has 0 bridgehead atoms. The van der Waals surface area contributed by atoms with Crippen LogP contribution < -0.4 is 0 Å². The maximum Gasteiger partial charge on any atom is 0.304 e. The number of aliphatic carboxylic acids is 1. The lowest BCUT2D eigenvalue weighted by Gasteiger charge is -2.39. The maximum absolute atomic E-state index is 13.4. The first-order valence-electron chi connectivity index (χ1n) is 8.16. The predicted octanol–water partition coefficient (Wildman–Crippen LogP) is 3.38. The molecule has 24 heavy (non-hydrogen) atoms. The van der Waals surface area contributed by atoms with Gasteiger partial charge in [0, 0.05) is 25.9 Å². The van der Waals surface area contributed by atoms with Gasteiger partial charge in [0.2, 0.25) is 5.91 Å². The molecule has 1 amide bonds. The molecular formula is C18H23F2NO3. The first kappa shape index (κ1) is 18.4. The molecule has 1 saturated heterocycles. The largest absolute Gasteiger partial charge is 0.481 e. The van der Waals surface area contributed by atoms with Gasteiger partial charge in [0.05, 0.1) is 11.8 Å². The van der Waals surface area contributed by atoms with Crippen molar-refractivity contribution in [3.8, 4) is 0 Å². The molecule has 0 radical (unpaired) electrons. The number of alkyl halides is 2. The van der Waals surface area contributed by atoms with Gasteiger partial charge in [0.25, 0.3) is 5.92 Å². The Kier molecular flexibility index (Phi) is 5.26. The molecule has 0 spiro atoms. The third-order valence-corrected chi connectivity index (χ3v) is 4.85. The highest BCUT2D eigenvalue weighted by atomic mass is 19.3. The Morgan fingerprint density at radius 2 is 1.75 bits per heavy atom.